The highest BCUT2D eigenvalue weighted by atomic mass is 16.5. The van der Waals surface area contributed by atoms with Crippen LogP contribution in [0.5, 0.6) is 0 Å². The lowest BCUT2D eigenvalue weighted by Gasteiger charge is -2.24. The number of allylic oxidation sites excluding steroid dienone is 4. The van der Waals surface area contributed by atoms with Gasteiger partial charge >= 0.3 is 0 Å². The topological polar surface area (TPSA) is 12.5 Å². The zero-order valence-electron chi connectivity index (χ0n) is 24.0. The van der Waals surface area contributed by atoms with E-state index in [2.05, 4.69) is 57.1 Å². The molecule has 0 N–H and O–H groups in total. The smallest absolute Gasteiger partial charge is 0.0621 e. The number of rotatable bonds is 27. The van der Waals surface area contributed by atoms with Crippen LogP contribution in [0.3, 0.4) is 0 Å². The number of nitrogens with zero attached hydrogens (tertiary/aromatic N) is 1. The third-order valence-electron chi connectivity index (χ3n) is 6.92. The molecule has 0 bridgehead atoms. The van der Waals surface area contributed by atoms with Crippen molar-refractivity contribution in [3.63, 3.8) is 0 Å². The summed E-state index contributed by atoms with van der Waals surface area (Å²) in [5.74, 6) is 0. The van der Waals surface area contributed by atoms with Gasteiger partial charge in [0.1, 0.15) is 0 Å². The third kappa shape index (κ3) is 26.0. The van der Waals surface area contributed by atoms with Gasteiger partial charge in [-0.1, -0.05) is 128 Å². The van der Waals surface area contributed by atoms with E-state index < -0.39 is 0 Å². The normalized spacial score (nSPS) is 13.1. The van der Waals surface area contributed by atoms with Crippen LogP contribution in [-0.4, -0.2) is 38.3 Å². The summed E-state index contributed by atoms with van der Waals surface area (Å²) in [6.07, 6.45) is 37.5. The SMILES string of the molecule is CCCCC/C=C\C/C=C\CCCCCCCCOCC(CCCCCCCCCC)N(C)C. The van der Waals surface area contributed by atoms with Crippen molar-refractivity contribution < 1.29 is 4.74 Å². The summed E-state index contributed by atoms with van der Waals surface area (Å²) in [5.41, 5.74) is 0. The molecule has 202 valence electrons. The lowest BCUT2D eigenvalue weighted by atomic mass is 10.0. The predicted octanol–water partition coefficient (Wildman–Crippen LogP) is 10.3. The molecular weight excluding hydrogens is 414 g/mol. The fourth-order valence-electron chi connectivity index (χ4n) is 4.42. The van der Waals surface area contributed by atoms with E-state index in [4.69, 9.17) is 4.74 Å². The van der Waals surface area contributed by atoms with Crippen molar-refractivity contribution >= 4 is 0 Å². The first-order valence-electron chi connectivity index (χ1n) is 15.3. The van der Waals surface area contributed by atoms with Crippen LogP contribution in [-0.2, 0) is 4.74 Å². The highest BCUT2D eigenvalue weighted by molar-refractivity contribution is 4.92. The van der Waals surface area contributed by atoms with Crippen LogP contribution < -0.4 is 0 Å². The summed E-state index contributed by atoms with van der Waals surface area (Å²) in [5, 5.41) is 0. The summed E-state index contributed by atoms with van der Waals surface area (Å²) in [4.78, 5) is 2.36. The van der Waals surface area contributed by atoms with Gasteiger partial charge in [0, 0.05) is 12.6 Å². The van der Waals surface area contributed by atoms with Gasteiger partial charge < -0.3 is 9.64 Å². The Morgan fingerprint density at radius 1 is 0.559 bits per heavy atom. The van der Waals surface area contributed by atoms with Crippen molar-refractivity contribution in [2.45, 2.75) is 155 Å². The minimum absolute atomic E-state index is 0.588. The van der Waals surface area contributed by atoms with Crippen molar-refractivity contribution in [2.75, 3.05) is 27.3 Å². The molecule has 0 amide bonds. The van der Waals surface area contributed by atoms with E-state index in [0.29, 0.717) is 6.04 Å². The Bertz CT molecular complexity index is 429. The summed E-state index contributed by atoms with van der Waals surface area (Å²) in [7, 11) is 4.42. The molecule has 0 saturated heterocycles. The molecule has 1 unspecified atom stereocenters. The van der Waals surface area contributed by atoms with Gasteiger partial charge in [-0.15, -0.1) is 0 Å². The molecule has 0 aromatic heterocycles. The van der Waals surface area contributed by atoms with Gasteiger partial charge in [-0.2, -0.15) is 0 Å². The molecule has 0 heterocycles. The molecule has 1 atom stereocenters. The van der Waals surface area contributed by atoms with E-state index in [1.165, 1.54) is 128 Å². The average Bonchev–Trinajstić information content (AvgIpc) is 2.83. The number of likely N-dealkylation sites (N-methyl/N-ethyl adjacent to an activating group) is 1. The van der Waals surface area contributed by atoms with E-state index in [1.807, 2.05) is 0 Å². The summed E-state index contributed by atoms with van der Waals surface area (Å²) >= 11 is 0. The van der Waals surface area contributed by atoms with Crippen molar-refractivity contribution in [1.82, 2.24) is 4.90 Å². The Balaban J connectivity index is 3.44. The number of hydrogen-bond acceptors (Lipinski definition) is 2. The van der Waals surface area contributed by atoms with Crippen molar-refractivity contribution in [2.24, 2.45) is 0 Å². The second kappa shape index (κ2) is 28.6. The summed E-state index contributed by atoms with van der Waals surface area (Å²) in [6, 6.07) is 0.588. The van der Waals surface area contributed by atoms with E-state index in [-0.39, 0.29) is 0 Å². The Morgan fingerprint density at radius 2 is 1.03 bits per heavy atom. The van der Waals surface area contributed by atoms with E-state index in [9.17, 15) is 0 Å². The van der Waals surface area contributed by atoms with Gasteiger partial charge in [0.2, 0.25) is 0 Å². The minimum Gasteiger partial charge on any atom is -0.380 e. The highest BCUT2D eigenvalue weighted by Crippen LogP contribution is 2.13. The van der Waals surface area contributed by atoms with Gasteiger partial charge in [-0.05, 0) is 59.0 Å². The predicted molar refractivity (Wildman–Crippen MR) is 155 cm³/mol. The first-order valence-corrected chi connectivity index (χ1v) is 15.3. The Labute approximate surface area is 216 Å². The van der Waals surface area contributed by atoms with E-state index in [1.54, 1.807) is 0 Å². The van der Waals surface area contributed by atoms with Crippen LogP contribution in [0.1, 0.15) is 149 Å². The minimum atomic E-state index is 0.588. The fraction of sp³-hybridized carbons (Fsp3) is 0.875. The van der Waals surface area contributed by atoms with E-state index >= 15 is 0 Å². The van der Waals surface area contributed by atoms with Crippen LogP contribution >= 0.6 is 0 Å². The second-order valence-corrected chi connectivity index (χ2v) is 10.5. The maximum absolute atomic E-state index is 6.04. The van der Waals surface area contributed by atoms with Crippen LogP contribution in [0.2, 0.25) is 0 Å². The first-order chi connectivity index (χ1) is 16.7. The van der Waals surface area contributed by atoms with Crippen molar-refractivity contribution in [3.8, 4) is 0 Å². The van der Waals surface area contributed by atoms with Crippen LogP contribution in [0.25, 0.3) is 0 Å². The molecule has 0 spiro atoms. The maximum Gasteiger partial charge on any atom is 0.0621 e. The van der Waals surface area contributed by atoms with Gasteiger partial charge in [0.05, 0.1) is 6.61 Å². The molecule has 0 aliphatic heterocycles. The molecule has 0 radical (unpaired) electrons. The lowest BCUT2D eigenvalue weighted by Crippen LogP contribution is -2.32. The molecule has 2 heteroatoms. The molecule has 0 aromatic rings. The highest BCUT2D eigenvalue weighted by Gasteiger charge is 2.11. The molecule has 0 aliphatic carbocycles. The maximum atomic E-state index is 6.04. The van der Waals surface area contributed by atoms with Crippen molar-refractivity contribution in [1.29, 1.82) is 0 Å². The number of ether oxygens (including phenoxy) is 1. The molecule has 0 aliphatic rings. The Morgan fingerprint density at radius 3 is 1.62 bits per heavy atom. The quantitative estimate of drug-likeness (QED) is 0.0861. The fourth-order valence-corrected chi connectivity index (χ4v) is 4.42. The zero-order chi connectivity index (χ0) is 25.0. The lowest BCUT2D eigenvalue weighted by molar-refractivity contribution is 0.0721. The molecule has 0 rings (SSSR count). The Kier molecular flexibility index (Phi) is 28.1. The second-order valence-electron chi connectivity index (χ2n) is 10.5. The third-order valence-corrected chi connectivity index (χ3v) is 6.92. The number of unbranched alkanes of at least 4 members (excludes halogenated alkanes) is 16. The monoisotopic (exact) mass is 477 g/mol. The summed E-state index contributed by atoms with van der Waals surface area (Å²) < 4.78 is 6.04. The van der Waals surface area contributed by atoms with Gasteiger partial charge in [0.25, 0.3) is 0 Å². The molecule has 0 saturated carbocycles. The molecular formula is C32H63NO. The molecule has 34 heavy (non-hydrogen) atoms. The van der Waals surface area contributed by atoms with E-state index in [0.717, 1.165) is 19.6 Å². The van der Waals surface area contributed by atoms with Crippen LogP contribution in [0, 0.1) is 0 Å². The van der Waals surface area contributed by atoms with Crippen LogP contribution in [0.15, 0.2) is 24.3 Å². The number of hydrogen-bond donors (Lipinski definition) is 0. The van der Waals surface area contributed by atoms with Crippen molar-refractivity contribution in [3.05, 3.63) is 24.3 Å². The average molecular weight is 478 g/mol. The standard InChI is InChI=1S/C32H63NO/c1-5-7-9-11-13-15-16-17-18-19-20-21-22-24-26-28-30-34-31-32(33(3)4)29-27-25-23-14-12-10-8-6-2/h13,15,17-18,32H,5-12,14,16,19-31H2,1-4H3/b15-13-,18-17-. The zero-order valence-corrected chi connectivity index (χ0v) is 24.0. The summed E-state index contributed by atoms with van der Waals surface area (Å²) in [6.45, 7) is 6.41. The molecule has 0 aromatic carbocycles. The van der Waals surface area contributed by atoms with Gasteiger partial charge in [-0.25, -0.2) is 0 Å². The molecule has 0 fully saturated rings. The van der Waals surface area contributed by atoms with Gasteiger partial charge in [0.15, 0.2) is 0 Å². The van der Waals surface area contributed by atoms with Crippen LogP contribution in [0.4, 0.5) is 0 Å². The van der Waals surface area contributed by atoms with Gasteiger partial charge in [-0.3, -0.25) is 0 Å². The largest absolute Gasteiger partial charge is 0.380 e. The first kappa shape index (κ1) is 33.4. The molecule has 2 nitrogen and oxygen atoms in total. The Hall–Kier alpha value is -0.600.